The van der Waals surface area contributed by atoms with E-state index in [1.807, 2.05) is 0 Å². The Hall–Kier alpha value is -4.41. The Morgan fingerprint density at radius 1 is 1.03 bits per heavy atom. The van der Waals surface area contributed by atoms with E-state index in [9.17, 15) is 27.6 Å². The van der Waals surface area contributed by atoms with Crippen molar-refractivity contribution in [1.82, 2.24) is 4.98 Å². The van der Waals surface area contributed by atoms with Gasteiger partial charge in [0.25, 0.3) is 5.91 Å². The predicted molar refractivity (Wildman–Crippen MR) is 121 cm³/mol. The van der Waals surface area contributed by atoms with Gasteiger partial charge in [0, 0.05) is 12.4 Å². The summed E-state index contributed by atoms with van der Waals surface area (Å²) in [6, 6.07) is 13.5. The molecular formula is C25H18F3N3O5. The molecule has 2 heterocycles. The van der Waals surface area contributed by atoms with Crippen molar-refractivity contribution in [2.75, 3.05) is 9.80 Å². The van der Waals surface area contributed by atoms with Crippen molar-refractivity contribution in [1.29, 1.82) is 0 Å². The van der Waals surface area contributed by atoms with Crippen LogP contribution in [0.2, 0.25) is 0 Å². The third-order valence-corrected chi connectivity index (χ3v) is 6.17. The van der Waals surface area contributed by atoms with Crippen molar-refractivity contribution >= 4 is 29.3 Å². The molecule has 1 spiro atoms. The van der Waals surface area contributed by atoms with E-state index in [0.717, 1.165) is 17.0 Å². The first-order valence-electron chi connectivity index (χ1n) is 10.9. The van der Waals surface area contributed by atoms with Gasteiger partial charge in [0.1, 0.15) is 22.6 Å². The van der Waals surface area contributed by atoms with Crippen LogP contribution in [0.5, 0.6) is 11.5 Å². The number of para-hydroxylation sites is 1. The first kappa shape index (κ1) is 23.3. The van der Waals surface area contributed by atoms with Crippen molar-refractivity contribution in [3.63, 3.8) is 0 Å². The molecular weight excluding hydrogens is 479 g/mol. The number of hydrogen-bond donors (Lipinski definition) is 0. The summed E-state index contributed by atoms with van der Waals surface area (Å²) < 4.78 is 46.8. The molecule has 184 valence electrons. The zero-order valence-corrected chi connectivity index (χ0v) is 18.7. The number of esters is 1. The minimum atomic E-state index is -4.88. The summed E-state index contributed by atoms with van der Waals surface area (Å²) in [7, 11) is 0. The van der Waals surface area contributed by atoms with Gasteiger partial charge in [0.15, 0.2) is 0 Å². The molecule has 2 aliphatic rings. The highest BCUT2D eigenvalue weighted by Crippen LogP contribution is 2.56. The van der Waals surface area contributed by atoms with Crippen molar-refractivity contribution < 1.29 is 37.0 Å². The SMILES string of the molecule is CC1CC12C(=O)N(c1ccc(OC(F)(F)F)cc1)C(=O)N2c1ccncc1C(=O)Oc1ccccc1. The van der Waals surface area contributed by atoms with Crippen LogP contribution >= 0.6 is 0 Å². The number of anilines is 2. The van der Waals surface area contributed by atoms with Crippen LogP contribution in [0.15, 0.2) is 73.1 Å². The summed E-state index contributed by atoms with van der Waals surface area (Å²) in [4.78, 5) is 46.2. The minimum Gasteiger partial charge on any atom is -0.423 e. The molecule has 5 rings (SSSR count). The number of ether oxygens (including phenoxy) is 2. The number of rotatable bonds is 5. The topological polar surface area (TPSA) is 89.0 Å². The average Bonchev–Trinajstić information content (AvgIpc) is 3.45. The van der Waals surface area contributed by atoms with Crippen LogP contribution in [-0.4, -0.2) is 34.8 Å². The lowest BCUT2D eigenvalue weighted by molar-refractivity contribution is -0.274. The molecule has 8 nitrogen and oxygen atoms in total. The molecule has 0 radical (unpaired) electrons. The Bertz CT molecular complexity index is 1350. The number of imide groups is 1. The van der Waals surface area contributed by atoms with Gasteiger partial charge < -0.3 is 9.47 Å². The maximum absolute atomic E-state index is 13.6. The van der Waals surface area contributed by atoms with Gasteiger partial charge >= 0.3 is 18.4 Å². The first-order valence-corrected chi connectivity index (χ1v) is 10.9. The van der Waals surface area contributed by atoms with E-state index in [4.69, 9.17) is 4.74 Å². The Labute approximate surface area is 202 Å². The normalized spacial score (nSPS) is 21.2. The summed E-state index contributed by atoms with van der Waals surface area (Å²) in [5, 5.41) is 0. The standard InChI is InChI=1S/C25H18F3N3O5/c1-15-13-24(15)22(33)30(16-7-9-18(10-8-16)36-25(26,27)28)23(34)31(24)20-11-12-29-14-19(20)21(32)35-17-5-3-2-4-6-17/h2-12,14-15H,13H2,1H3. The second kappa shape index (κ2) is 8.36. The third kappa shape index (κ3) is 3.92. The predicted octanol–water partition coefficient (Wildman–Crippen LogP) is 4.95. The second-order valence-corrected chi connectivity index (χ2v) is 8.43. The summed E-state index contributed by atoms with van der Waals surface area (Å²) in [5.41, 5.74) is -1.03. The zero-order valence-electron chi connectivity index (χ0n) is 18.7. The number of aromatic nitrogens is 1. The molecule has 0 N–H and O–H groups in total. The van der Waals surface area contributed by atoms with Crippen LogP contribution in [0.25, 0.3) is 0 Å². The molecule has 36 heavy (non-hydrogen) atoms. The number of benzene rings is 2. The molecule has 2 fully saturated rings. The molecule has 2 atom stereocenters. The second-order valence-electron chi connectivity index (χ2n) is 8.43. The van der Waals surface area contributed by atoms with Gasteiger partial charge in [-0.25, -0.2) is 14.5 Å². The Balaban J connectivity index is 1.50. The van der Waals surface area contributed by atoms with Crippen LogP contribution in [0.4, 0.5) is 29.3 Å². The van der Waals surface area contributed by atoms with E-state index < -0.39 is 35.6 Å². The van der Waals surface area contributed by atoms with Crippen molar-refractivity contribution in [2.45, 2.75) is 25.2 Å². The van der Waals surface area contributed by atoms with Crippen molar-refractivity contribution in [3.8, 4) is 11.5 Å². The zero-order chi connectivity index (χ0) is 25.7. The lowest BCUT2D eigenvalue weighted by atomic mass is 10.1. The number of pyridine rings is 1. The van der Waals surface area contributed by atoms with Gasteiger partial charge in [0.2, 0.25) is 0 Å². The Kier molecular flexibility index (Phi) is 5.42. The highest BCUT2D eigenvalue weighted by molar-refractivity contribution is 6.32. The molecule has 2 unspecified atom stereocenters. The summed E-state index contributed by atoms with van der Waals surface area (Å²) in [5.74, 6) is -1.73. The minimum absolute atomic E-state index is 0.0169. The van der Waals surface area contributed by atoms with Gasteiger partial charge in [-0.15, -0.1) is 13.2 Å². The first-order chi connectivity index (χ1) is 17.1. The van der Waals surface area contributed by atoms with E-state index in [1.165, 1.54) is 35.5 Å². The van der Waals surface area contributed by atoms with E-state index in [0.29, 0.717) is 12.2 Å². The fraction of sp³-hybridized carbons (Fsp3) is 0.200. The van der Waals surface area contributed by atoms with Crippen LogP contribution in [0.3, 0.4) is 0 Å². The number of carbonyl (C=O) groups excluding carboxylic acids is 3. The summed E-state index contributed by atoms with van der Waals surface area (Å²) in [6.07, 6.45) is -1.89. The van der Waals surface area contributed by atoms with Crippen molar-refractivity contribution in [2.24, 2.45) is 5.92 Å². The van der Waals surface area contributed by atoms with E-state index in [-0.39, 0.29) is 22.9 Å². The summed E-state index contributed by atoms with van der Waals surface area (Å²) >= 11 is 0. The summed E-state index contributed by atoms with van der Waals surface area (Å²) in [6.45, 7) is 1.80. The van der Waals surface area contributed by atoms with E-state index >= 15 is 0 Å². The molecule has 1 aromatic heterocycles. The number of halogens is 3. The van der Waals surface area contributed by atoms with Crippen LogP contribution in [0, 0.1) is 5.92 Å². The molecule has 2 aromatic carbocycles. The Morgan fingerprint density at radius 2 is 1.69 bits per heavy atom. The molecule has 1 aliphatic carbocycles. The quantitative estimate of drug-likeness (QED) is 0.282. The highest BCUT2D eigenvalue weighted by Gasteiger charge is 2.71. The fourth-order valence-corrected chi connectivity index (χ4v) is 4.40. The monoisotopic (exact) mass is 497 g/mol. The molecule has 1 saturated heterocycles. The van der Waals surface area contributed by atoms with Crippen LogP contribution in [0.1, 0.15) is 23.7 Å². The smallest absolute Gasteiger partial charge is 0.423 e. The third-order valence-electron chi connectivity index (χ3n) is 6.17. The lowest BCUT2D eigenvalue weighted by Crippen LogP contribution is -2.40. The molecule has 0 bridgehead atoms. The number of hydrogen-bond acceptors (Lipinski definition) is 6. The molecule has 3 amide bonds. The van der Waals surface area contributed by atoms with E-state index in [1.54, 1.807) is 37.3 Å². The Morgan fingerprint density at radius 3 is 2.31 bits per heavy atom. The van der Waals surface area contributed by atoms with Gasteiger partial charge in [-0.3, -0.25) is 14.7 Å². The molecule has 1 saturated carbocycles. The number of alkyl halides is 3. The number of amides is 3. The largest absolute Gasteiger partial charge is 0.573 e. The molecule has 3 aromatic rings. The lowest BCUT2D eigenvalue weighted by Gasteiger charge is -2.24. The van der Waals surface area contributed by atoms with Crippen LogP contribution in [-0.2, 0) is 4.79 Å². The van der Waals surface area contributed by atoms with Crippen LogP contribution < -0.4 is 19.3 Å². The van der Waals surface area contributed by atoms with Crippen molar-refractivity contribution in [3.05, 3.63) is 78.6 Å². The van der Waals surface area contributed by atoms with Gasteiger partial charge in [-0.1, -0.05) is 25.1 Å². The highest BCUT2D eigenvalue weighted by atomic mass is 19.4. The van der Waals surface area contributed by atoms with Gasteiger partial charge in [-0.2, -0.15) is 0 Å². The van der Waals surface area contributed by atoms with Gasteiger partial charge in [0.05, 0.1) is 11.4 Å². The number of urea groups is 1. The average molecular weight is 497 g/mol. The maximum Gasteiger partial charge on any atom is 0.573 e. The van der Waals surface area contributed by atoms with Gasteiger partial charge in [-0.05, 0) is 54.8 Å². The maximum atomic E-state index is 13.6. The number of nitrogens with zero attached hydrogens (tertiary/aromatic N) is 3. The molecule has 1 aliphatic heterocycles. The fourth-order valence-electron chi connectivity index (χ4n) is 4.40. The molecule has 11 heteroatoms. The van der Waals surface area contributed by atoms with E-state index in [2.05, 4.69) is 9.72 Å². The number of carbonyl (C=O) groups is 3.